The van der Waals surface area contributed by atoms with Gasteiger partial charge in [-0.15, -0.1) is 0 Å². The fourth-order valence-corrected chi connectivity index (χ4v) is 4.00. The minimum atomic E-state index is -3.17. The van der Waals surface area contributed by atoms with Crippen LogP contribution in [0.1, 0.15) is 0 Å². The molecule has 8 heteroatoms. The van der Waals surface area contributed by atoms with Crippen molar-refractivity contribution in [3.05, 3.63) is 24.3 Å². The lowest BCUT2D eigenvalue weighted by molar-refractivity contribution is -0.139. The fraction of sp³-hybridized carbons (Fsp3) is 0.562. The van der Waals surface area contributed by atoms with Gasteiger partial charge in [0, 0.05) is 45.0 Å². The molecule has 0 bridgehead atoms. The zero-order valence-electron chi connectivity index (χ0n) is 14.0. The molecule has 2 saturated heterocycles. The van der Waals surface area contributed by atoms with E-state index in [4.69, 9.17) is 4.74 Å². The smallest absolute Gasteiger partial charge is 0.228 e. The molecule has 2 aliphatic rings. The van der Waals surface area contributed by atoms with E-state index in [2.05, 4.69) is 4.90 Å². The highest BCUT2D eigenvalue weighted by Gasteiger charge is 2.40. The molecule has 2 heterocycles. The first kappa shape index (κ1) is 17.0. The van der Waals surface area contributed by atoms with E-state index in [1.807, 2.05) is 29.2 Å². The van der Waals surface area contributed by atoms with Gasteiger partial charge in [0.25, 0.3) is 0 Å². The second-order valence-electron chi connectivity index (χ2n) is 6.29. The molecule has 0 saturated carbocycles. The van der Waals surface area contributed by atoms with Crippen LogP contribution in [0, 0.1) is 5.92 Å². The second-order valence-corrected chi connectivity index (χ2v) is 8.27. The summed E-state index contributed by atoms with van der Waals surface area (Å²) in [4.78, 5) is 16.5. The van der Waals surface area contributed by atoms with E-state index in [0.29, 0.717) is 26.2 Å². The number of sulfonamides is 1. The summed E-state index contributed by atoms with van der Waals surface area (Å²) in [5.74, 6) is 0.713. The summed E-state index contributed by atoms with van der Waals surface area (Å²) in [5.41, 5.74) is 1.12. The maximum absolute atomic E-state index is 12.4. The van der Waals surface area contributed by atoms with Crippen LogP contribution in [0.5, 0.6) is 5.75 Å². The number of carbonyl (C=O) groups excluding carboxylic acids is 1. The van der Waals surface area contributed by atoms with Gasteiger partial charge in [-0.05, 0) is 24.3 Å². The third kappa shape index (κ3) is 3.49. The van der Waals surface area contributed by atoms with Gasteiger partial charge in [-0.2, -0.15) is 0 Å². The first-order valence-electron chi connectivity index (χ1n) is 8.01. The third-order valence-electron chi connectivity index (χ3n) is 4.70. The summed E-state index contributed by atoms with van der Waals surface area (Å²) in [6.45, 7) is 3.52. The lowest BCUT2D eigenvalue weighted by atomic mass is 10.0. The normalized spacial score (nSPS) is 19.9. The van der Waals surface area contributed by atoms with Crippen molar-refractivity contribution in [3.63, 3.8) is 0 Å². The number of nitrogens with zero attached hydrogens (tertiary/aromatic N) is 3. The van der Waals surface area contributed by atoms with Gasteiger partial charge >= 0.3 is 0 Å². The summed E-state index contributed by atoms with van der Waals surface area (Å²) in [5, 5.41) is 0. The number of carbonyl (C=O) groups is 1. The molecule has 0 aromatic heterocycles. The highest BCUT2D eigenvalue weighted by Crippen LogP contribution is 2.24. The summed E-state index contributed by atoms with van der Waals surface area (Å²) in [6, 6.07) is 7.90. The Hall–Kier alpha value is -1.80. The Kier molecular flexibility index (Phi) is 4.69. The van der Waals surface area contributed by atoms with Gasteiger partial charge in [-0.25, -0.2) is 12.7 Å². The minimum absolute atomic E-state index is 0.0734. The molecule has 0 N–H and O–H groups in total. The molecule has 2 aliphatic heterocycles. The predicted octanol–water partition coefficient (Wildman–Crippen LogP) is 0.235. The zero-order valence-corrected chi connectivity index (χ0v) is 14.8. The molecule has 1 amide bonds. The van der Waals surface area contributed by atoms with E-state index in [1.165, 1.54) is 10.6 Å². The fourth-order valence-electron chi connectivity index (χ4n) is 3.10. The van der Waals surface area contributed by atoms with Crippen molar-refractivity contribution < 1.29 is 17.9 Å². The van der Waals surface area contributed by atoms with Crippen molar-refractivity contribution in [1.29, 1.82) is 0 Å². The molecular weight excluding hydrogens is 330 g/mol. The van der Waals surface area contributed by atoms with Crippen LogP contribution < -0.4 is 9.64 Å². The van der Waals surface area contributed by atoms with E-state index in [0.717, 1.165) is 24.5 Å². The van der Waals surface area contributed by atoms with E-state index in [1.54, 1.807) is 7.11 Å². The molecule has 1 aromatic carbocycles. The summed E-state index contributed by atoms with van der Waals surface area (Å²) in [6.07, 6.45) is 1.18. The Balaban J connectivity index is 1.51. The Morgan fingerprint density at radius 1 is 1.08 bits per heavy atom. The Morgan fingerprint density at radius 2 is 1.67 bits per heavy atom. The van der Waals surface area contributed by atoms with E-state index in [-0.39, 0.29) is 11.8 Å². The molecular formula is C16H23N3O4S. The number of ether oxygens (including phenoxy) is 1. The Bertz CT molecular complexity index is 691. The number of benzene rings is 1. The maximum atomic E-state index is 12.4. The molecule has 2 fully saturated rings. The summed E-state index contributed by atoms with van der Waals surface area (Å²) < 4.78 is 29.3. The van der Waals surface area contributed by atoms with Crippen LogP contribution in [0.3, 0.4) is 0 Å². The molecule has 0 radical (unpaired) electrons. The van der Waals surface area contributed by atoms with Gasteiger partial charge in [0.2, 0.25) is 15.9 Å². The van der Waals surface area contributed by atoms with Crippen molar-refractivity contribution in [2.75, 3.05) is 57.5 Å². The van der Waals surface area contributed by atoms with Crippen molar-refractivity contribution in [2.24, 2.45) is 5.92 Å². The monoisotopic (exact) mass is 353 g/mol. The quantitative estimate of drug-likeness (QED) is 0.775. The van der Waals surface area contributed by atoms with E-state index < -0.39 is 10.0 Å². The highest BCUT2D eigenvalue weighted by molar-refractivity contribution is 7.88. The first-order chi connectivity index (χ1) is 11.4. The van der Waals surface area contributed by atoms with Gasteiger partial charge in [0.1, 0.15) is 5.75 Å². The number of hydrogen-bond donors (Lipinski definition) is 0. The molecule has 132 valence electrons. The average Bonchev–Trinajstić information content (AvgIpc) is 2.52. The average molecular weight is 353 g/mol. The molecule has 0 unspecified atom stereocenters. The lowest BCUT2D eigenvalue weighted by Gasteiger charge is -2.42. The molecule has 1 aromatic rings. The predicted molar refractivity (Wildman–Crippen MR) is 91.7 cm³/mol. The van der Waals surface area contributed by atoms with Crippen LogP contribution in [0.25, 0.3) is 0 Å². The number of rotatable bonds is 4. The first-order valence-corrected chi connectivity index (χ1v) is 9.86. The number of anilines is 1. The maximum Gasteiger partial charge on any atom is 0.228 e. The number of methoxy groups -OCH3 is 1. The van der Waals surface area contributed by atoms with Gasteiger partial charge in [-0.1, -0.05) is 0 Å². The van der Waals surface area contributed by atoms with Gasteiger partial charge in [0.15, 0.2) is 0 Å². The molecule has 7 nitrogen and oxygen atoms in total. The van der Waals surface area contributed by atoms with Gasteiger partial charge < -0.3 is 14.5 Å². The third-order valence-corrected chi connectivity index (χ3v) is 5.93. The largest absolute Gasteiger partial charge is 0.497 e. The molecule has 24 heavy (non-hydrogen) atoms. The topological polar surface area (TPSA) is 70.2 Å². The standard InChI is InChI=1S/C16H23N3O4S/c1-23-15-5-3-14(4-6-15)17-7-9-18(10-8-17)16(20)13-11-19(12-13)24(2,21)22/h3-6,13H,7-12H2,1-2H3. The molecule has 0 spiro atoms. The van der Waals surface area contributed by atoms with Gasteiger partial charge in [-0.3, -0.25) is 4.79 Å². The van der Waals surface area contributed by atoms with Crippen LogP contribution in [0.15, 0.2) is 24.3 Å². The molecule has 0 atom stereocenters. The van der Waals surface area contributed by atoms with Gasteiger partial charge in [0.05, 0.1) is 19.3 Å². The number of amides is 1. The van der Waals surface area contributed by atoms with E-state index >= 15 is 0 Å². The minimum Gasteiger partial charge on any atom is -0.497 e. The van der Waals surface area contributed by atoms with Crippen molar-refractivity contribution >= 4 is 21.6 Å². The summed E-state index contributed by atoms with van der Waals surface area (Å²) in [7, 11) is -1.53. The van der Waals surface area contributed by atoms with Crippen molar-refractivity contribution in [3.8, 4) is 5.75 Å². The number of hydrogen-bond acceptors (Lipinski definition) is 5. The molecule has 3 rings (SSSR count). The highest BCUT2D eigenvalue weighted by atomic mass is 32.2. The van der Waals surface area contributed by atoms with Crippen LogP contribution in [-0.2, 0) is 14.8 Å². The van der Waals surface area contributed by atoms with Crippen LogP contribution in [0.4, 0.5) is 5.69 Å². The number of piperazine rings is 1. The van der Waals surface area contributed by atoms with Crippen molar-refractivity contribution in [1.82, 2.24) is 9.21 Å². The van der Waals surface area contributed by atoms with Crippen LogP contribution >= 0.6 is 0 Å². The van der Waals surface area contributed by atoms with Crippen LogP contribution in [-0.4, -0.2) is 76.2 Å². The van der Waals surface area contributed by atoms with Crippen LogP contribution in [0.2, 0.25) is 0 Å². The van der Waals surface area contributed by atoms with E-state index in [9.17, 15) is 13.2 Å². The van der Waals surface area contributed by atoms with Crippen molar-refractivity contribution in [2.45, 2.75) is 0 Å². The Morgan fingerprint density at radius 3 is 2.17 bits per heavy atom. The SMILES string of the molecule is COc1ccc(N2CCN(C(=O)C3CN(S(C)(=O)=O)C3)CC2)cc1. The zero-order chi connectivity index (χ0) is 17.3. The lowest BCUT2D eigenvalue weighted by Crippen LogP contribution is -2.58. The summed E-state index contributed by atoms with van der Waals surface area (Å²) >= 11 is 0. The second kappa shape index (κ2) is 6.60. The molecule has 0 aliphatic carbocycles. The Labute approximate surface area is 142 Å².